The summed E-state index contributed by atoms with van der Waals surface area (Å²) in [6.07, 6.45) is 1.73. The van der Waals surface area contributed by atoms with E-state index in [2.05, 4.69) is 53.2 Å². The number of aryl methyl sites for hydroxylation is 1. The summed E-state index contributed by atoms with van der Waals surface area (Å²) in [6.45, 7) is 8.80. The van der Waals surface area contributed by atoms with Crippen LogP contribution in [-0.4, -0.2) is 17.2 Å². The number of amidine groups is 1. The minimum atomic E-state index is 0.646. The molecule has 0 radical (unpaired) electrons. The molecule has 0 bridgehead atoms. The van der Waals surface area contributed by atoms with Crippen LogP contribution in [0, 0.1) is 6.92 Å². The average molecular weight is 304 g/mol. The molecule has 2 aromatic rings. The lowest BCUT2D eigenvalue weighted by atomic mass is 10.1. The minimum Gasteiger partial charge on any atom is -0.280 e. The topological polar surface area (TPSA) is 40.0 Å². The van der Waals surface area contributed by atoms with Gasteiger partial charge in [0.2, 0.25) is 0 Å². The molecular weight excluding hydrogens is 284 g/mol. The number of nitrogens with one attached hydrogen (secondary N) is 1. The molecule has 0 saturated carbocycles. The molecule has 1 aliphatic rings. The third-order valence-electron chi connectivity index (χ3n) is 3.72. The van der Waals surface area contributed by atoms with Crippen molar-refractivity contribution in [2.24, 2.45) is 9.98 Å². The van der Waals surface area contributed by atoms with Crippen molar-refractivity contribution in [1.29, 1.82) is 0 Å². The van der Waals surface area contributed by atoms with Crippen molar-refractivity contribution < 1.29 is 0 Å². The third kappa shape index (κ3) is 3.48. The molecule has 116 valence electrons. The van der Waals surface area contributed by atoms with Crippen molar-refractivity contribution in [2.45, 2.75) is 20.4 Å². The first-order chi connectivity index (χ1) is 11.1. The van der Waals surface area contributed by atoms with Gasteiger partial charge in [-0.15, -0.1) is 0 Å². The number of hydrogen-bond donors (Lipinski definition) is 1. The fraction of sp³-hybridized carbons (Fsp3) is 0.158. The van der Waals surface area contributed by atoms with Gasteiger partial charge in [0.15, 0.2) is 0 Å². The molecule has 3 rings (SSSR count). The van der Waals surface area contributed by atoms with Crippen molar-refractivity contribution in [3.05, 3.63) is 71.8 Å². The Bertz CT molecular complexity index is 772. The van der Waals surface area contributed by atoms with Gasteiger partial charge in [-0.05, 0) is 25.5 Å². The maximum Gasteiger partial charge on any atom is 0.116 e. The van der Waals surface area contributed by atoms with Gasteiger partial charge in [0.25, 0.3) is 0 Å². The van der Waals surface area contributed by atoms with Crippen LogP contribution < -0.4 is 5.43 Å². The number of hydrazine groups is 1. The summed E-state index contributed by atoms with van der Waals surface area (Å²) in [5.74, 6) is 0.817. The lowest BCUT2D eigenvalue weighted by Gasteiger charge is -2.27. The second-order valence-electron chi connectivity index (χ2n) is 5.58. The number of aliphatic imine (C=N–C) groups is 2. The van der Waals surface area contributed by atoms with Gasteiger partial charge in [-0.25, -0.2) is 10.0 Å². The normalized spacial score (nSPS) is 13.9. The number of hydrogen-bond acceptors (Lipinski definition) is 3. The van der Waals surface area contributed by atoms with Crippen molar-refractivity contribution in [3.63, 3.8) is 0 Å². The van der Waals surface area contributed by atoms with Crippen LogP contribution in [0.4, 0.5) is 5.69 Å². The van der Waals surface area contributed by atoms with Crippen molar-refractivity contribution in [2.75, 3.05) is 0 Å². The molecule has 2 aromatic carbocycles. The highest BCUT2D eigenvalue weighted by Crippen LogP contribution is 2.29. The lowest BCUT2D eigenvalue weighted by Crippen LogP contribution is -2.39. The highest BCUT2D eigenvalue weighted by Gasteiger charge is 2.15. The van der Waals surface area contributed by atoms with Crippen LogP contribution >= 0.6 is 0 Å². The Kier molecular flexibility index (Phi) is 4.24. The molecule has 1 heterocycles. The minimum absolute atomic E-state index is 0.646. The van der Waals surface area contributed by atoms with E-state index >= 15 is 0 Å². The van der Waals surface area contributed by atoms with Crippen LogP contribution in [0.1, 0.15) is 23.6 Å². The lowest BCUT2D eigenvalue weighted by molar-refractivity contribution is 0.539. The van der Waals surface area contributed by atoms with Gasteiger partial charge in [-0.1, -0.05) is 54.6 Å². The molecule has 1 N–H and O–H groups in total. The van der Waals surface area contributed by atoms with E-state index in [-0.39, 0.29) is 0 Å². The predicted molar refractivity (Wildman–Crippen MR) is 96.6 cm³/mol. The molecule has 1 aliphatic heterocycles. The van der Waals surface area contributed by atoms with E-state index in [0.717, 1.165) is 22.8 Å². The van der Waals surface area contributed by atoms with Gasteiger partial charge in [-0.3, -0.25) is 10.4 Å². The summed E-state index contributed by atoms with van der Waals surface area (Å²) in [5.41, 5.74) is 8.49. The van der Waals surface area contributed by atoms with Crippen molar-refractivity contribution in [1.82, 2.24) is 10.4 Å². The Morgan fingerprint density at radius 3 is 2.70 bits per heavy atom. The summed E-state index contributed by atoms with van der Waals surface area (Å²) in [5, 5.41) is 1.80. The average Bonchev–Trinajstić information content (AvgIpc) is 2.57. The highest BCUT2D eigenvalue weighted by atomic mass is 15.5. The van der Waals surface area contributed by atoms with Gasteiger partial charge in [0, 0.05) is 5.56 Å². The first-order valence-corrected chi connectivity index (χ1v) is 7.58. The zero-order valence-electron chi connectivity index (χ0n) is 13.5. The summed E-state index contributed by atoms with van der Waals surface area (Å²) in [6, 6.07) is 16.4. The molecule has 0 atom stereocenters. The SMILES string of the molecule is C=C1c2ccccc2N=CN1NC(C)=NCc1ccc(C)cc1. The van der Waals surface area contributed by atoms with Gasteiger partial charge in [0.05, 0.1) is 17.9 Å². The fourth-order valence-electron chi connectivity index (χ4n) is 2.36. The van der Waals surface area contributed by atoms with Crippen LogP contribution in [0.25, 0.3) is 5.70 Å². The van der Waals surface area contributed by atoms with E-state index in [1.807, 2.05) is 31.2 Å². The quantitative estimate of drug-likeness (QED) is 0.686. The Labute approximate surface area is 136 Å². The van der Waals surface area contributed by atoms with E-state index in [1.54, 1.807) is 11.3 Å². The molecule has 0 fully saturated rings. The fourth-order valence-corrected chi connectivity index (χ4v) is 2.36. The zero-order chi connectivity index (χ0) is 16.2. The Morgan fingerprint density at radius 1 is 1.17 bits per heavy atom. The molecule has 0 aromatic heterocycles. The molecule has 4 nitrogen and oxygen atoms in total. The van der Waals surface area contributed by atoms with E-state index in [0.29, 0.717) is 6.54 Å². The van der Waals surface area contributed by atoms with Gasteiger partial charge >= 0.3 is 0 Å². The molecule has 23 heavy (non-hydrogen) atoms. The van der Waals surface area contributed by atoms with E-state index in [4.69, 9.17) is 0 Å². The second kappa shape index (κ2) is 6.48. The monoisotopic (exact) mass is 304 g/mol. The largest absolute Gasteiger partial charge is 0.280 e. The maximum absolute atomic E-state index is 4.57. The first-order valence-electron chi connectivity index (χ1n) is 7.58. The summed E-state index contributed by atoms with van der Waals surface area (Å²) in [7, 11) is 0. The maximum atomic E-state index is 4.57. The number of fused-ring (bicyclic) bond motifs is 1. The summed E-state index contributed by atoms with van der Waals surface area (Å²) in [4.78, 5) is 9.00. The molecule has 0 saturated heterocycles. The van der Waals surface area contributed by atoms with Crippen molar-refractivity contribution in [3.8, 4) is 0 Å². The summed E-state index contributed by atoms with van der Waals surface area (Å²) >= 11 is 0. The zero-order valence-corrected chi connectivity index (χ0v) is 13.5. The third-order valence-corrected chi connectivity index (χ3v) is 3.72. The van der Waals surface area contributed by atoms with Gasteiger partial charge in [-0.2, -0.15) is 0 Å². The molecule has 0 spiro atoms. The van der Waals surface area contributed by atoms with Crippen LogP contribution in [0.2, 0.25) is 0 Å². The molecular formula is C19H20N4. The Balaban J connectivity index is 1.66. The van der Waals surface area contributed by atoms with Gasteiger partial charge in [0.1, 0.15) is 12.2 Å². The first kappa shape index (κ1) is 15.0. The number of para-hydroxylation sites is 1. The van der Waals surface area contributed by atoms with E-state index in [1.165, 1.54) is 11.1 Å². The Morgan fingerprint density at radius 2 is 1.91 bits per heavy atom. The molecule has 0 unspecified atom stereocenters. The highest BCUT2D eigenvalue weighted by molar-refractivity contribution is 5.89. The predicted octanol–water partition coefficient (Wildman–Crippen LogP) is 4.06. The van der Waals surface area contributed by atoms with Crippen LogP contribution in [0.15, 0.2) is 65.1 Å². The van der Waals surface area contributed by atoms with E-state index < -0.39 is 0 Å². The van der Waals surface area contributed by atoms with Crippen molar-refractivity contribution >= 4 is 23.6 Å². The number of rotatable bonds is 3. The number of benzene rings is 2. The van der Waals surface area contributed by atoms with Crippen LogP contribution in [0.3, 0.4) is 0 Å². The summed E-state index contributed by atoms with van der Waals surface area (Å²) < 4.78 is 0. The molecule has 0 aliphatic carbocycles. The standard InChI is InChI=1S/C19H20N4/c1-14-8-10-17(11-9-14)12-20-16(3)22-23-13-21-19-7-5-4-6-18(19)15(23)2/h4-11,13H,2,12H2,1,3H3,(H,20,22). The van der Waals surface area contributed by atoms with Gasteiger partial charge < -0.3 is 0 Å². The van der Waals surface area contributed by atoms with Crippen LogP contribution in [-0.2, 0) is 6.54 Å². The molecule has 4 heteroatoms. The smallest absolute Gasteiger partial charge is 0.116 e. The van der Waals surface area contributed by atoms with Crippen LogP contribution in [0.5, 0.6) is 0 Å². The molecule has 0 amide bonds. The Hall–Kier alpha value is -2.88. The second-order valence-corrected chi connectivity index (χ2v) is 5.58. The van der Waals surface area contributed by atoms with E-state index in [9.17, 15) is 0 Å². The number of nitrogens with zero attached hydrogens (tertiary/aromatic N) is 3.